The smallest absolute Gasteiger partial charge is 0.229 e. The van der Waals surface area contributed by atoms with Crippen LogP contribution in [0.15, 0.2) is 72.2 Å². The molecule has 0 unspecified atom stereocenters. The van der Waals surface area contributed by atoms with Crippen LogP contribution >= 0.6 is 0 Å². The number of imidazole rings is 1. The zero-order valence-electron chi connectivity index (χ0n) is 18.9. The number of nitrogens with zero attached hydrogens (tertiary/aromatic N) is 5. The van der Waals surface area contributed by atoms with Gasteiger partial charge in [-0.05, 0) is 24.6 Å². The summed E-state index contributed by atoms with van der Waals surface area (Å²) in [6.07, 6.45) is 7.99. The van der Waals surface area contributed by atoms with Gasteiger partial charge in [0.25, 0.3) is 0 Å². The normalized spacial score (nSPS) is 11.0. The Balaban J connectivity index is 1.45. The highest BCUT2D eigenvalue weighted by molar-refractivity contribution is 5.91. The number of fused-ring (bicyclic) bond motifs is 1. The maximum atomic E-state index is 13.2. The van der Waals surface area contributed by atoms with E-state index in [0.29, 0.717) is 46.3 Å². The van der Waals surface area contributed by atoms with E-state index in [4.69, 9.17) is 10.7 Å². The van der Waals surface area contributed by atoms with Crippen molar-refractivity contribution in [2.45, 2.75) is 19.9 Å². The van der Waals surface area contributed by atoms with Gasteiger partial charge < -0.3 is 20.6 Å². The van der Waals surface area contributed by atoms with Gasteiger partial charge in [0.15, 0.2) is 5.82 Å². The van der Waals surface area contributed by atoms with Crippen molar-refractivity contribution in [2.75, 3.05) is 11.1 Å². The van der Waals surface area contributed by atoms with Gasteiger partial charge in [-0.2, -0.15) is 0 Å². The molecule has 5 rings (SSSR count). The van der Waals surface area contributed by atoms with Gasteiger partial charge in [-0.1, -0.05) is 24.3 Å². The summed E-state index contributed by atoms with van der Waals surface area (Å²) >= 11 is 0. The highest BCUT2D eigenvalue weighted by Crippen LogP contribution is 2.26. The Bertz CT molecular complexity index is 1560. The number of aromatic amines is 1. The lowest BCUT2D eigenvalue weighted by atomic mass is 10.1. The maximum Gasteiger partial charge on any atom is 0.229 e. The molecule has 4 heterocycles. The van der Waals surface area contributed by atoms with E-state index in [1.165, 1.54) is 12.4 Å². The average molecular weight is 467 g/mol. The van der Waals surface area contributed by atoms with Crippen LogP contribution < -0.4 is 16.5 Å². The van der Waals surface area contributed by atoms with Gasteiger partial charge >= 0.3 is 0 Å². The molecule has 0 saturated carbocycles. The highest BCUT2D eigenvalue weighted by atomic mass is 16.1. The Morgan fingerprint density at radius 2 is 1.91 bits per heavy atom. The zero-order chi connectivity index (χ0) is 24.4. The fourth-order valence-corrected chi connectivity index (χ4v) is 3.97. The molecule has 5 aromatic rings. The lowest BCUT2D eigenvalue weighted by Crippen LogP contribution is -2.18. The summed E-state index contributed by atoms with van der Waals surface area (Å²) in [5.41, 5.74) is 9.39. The van der Waals surface area contributed by atoms with Gasteiger partial charge in [0.1, 0.15) is 22.9 Å². The maximum absolute atomic E-state index is 13.2. The molecule has 4 aromatic heterocycles. The lowest BCUT2D eigenvalue weighted by molar-refractivity contribution is -0.115. The number of rotatable bonds is 6. The van der Waals surface area contributed by atoms with Crippen LogP contribution in [0.25, 0.3) is 33.7 Å². The Morgan fingerprint density at radius 1 is 1.09 bits per heavy atom. The molecule has 1 aromatic carbocycles. The van der Waals surface area contributed by atoms with Crippen molar-refractivity contribution in [2.24, 2.45) is 0 Å². The fourth-order valence-electron chi connectivity index (χ4n) is 3.97. The SMILES string of the molecule is CCn1c(N)c(-c2ncc[nH]2)c(=O)c2ccc(-c3ccc(CC(=O)Nc4cnccn4)cc3)nc21. The number of aromatic nitrogens is 6. The molecule has 4 N–H and O–H groups in total. The molecule has 0 atom stereocenters. The van der Waals surface area contributed by atoms with Crippen molar-refractivity contribution in [1.82, 2.24) is 29.5 Å². The molecule has 0 fully saturated rings. The first-order valence-corrected chi connectivity index (χ1v) is 11.0. The van der Waals surface area contributed by atoms with E-state index >= 15 is 0 Å². The number of nitrogens with two attached hydrogens (primary N) is 1. The van der Waals surface area contributed by atoms with Gasteiger partial charge in [-0.25, -0.2) is 15.0 Å². The van der Waals surface area contributed by atoms with E-state index in [0.717, 1.165) is 11.1 Å². The number of amides is 1. The summed E-state index contributed by atoms with van der Waals surface area (Å²) in [4.78, 5) is 45.4. The molecule has 0 saturated heterocycles. The molecule has 174 valence electrons. The summed E-state index contributed by atoms with van der Waals surface area (Å²) in [6, 6.07) is 11.1. The van der Waals surface area contributed by atoms with Crippen molar-refractivity contribution in [1.29, 1.82) is 0 Å². The second-order valence-electron chi connectivity index (χ2n) is 7.85. The van der Waals surface area contributed by atoms with Crippen molar-refractivity contribution >= 4 is 28.6 Å². The van der Waals surface area contributed by atoms with Crippen molar-refractivity contribution in [3.05, 3.63) is 83.2 Å². The minimum absolute atomic E-state index is 0.183. The Labute approximate surface area is 199 Å². The van der Waals surface area contributed by atoms with Gasteiger partial charge in [0.05, 0.1) is 23.7 Å². The molecule has 1 amide bonds. The topological polar surface area (TPSA) is 144 Å². The predicted octanol–water partition coefficient (Wildman–Crippen LogP) is 3.03. The summed E-state index contributed by atoms with van der Waals surface area (Å²) < 4.78 is 1.81. The second kappa shape index (κ2) is 9.18. The van der Waals surface area contributed by atoms with E-state index in [9.17, 15) is 9.59 Å². The van der Waals surface area contributed by atoms with Crippen LogP contribution in [0.1, 0.15) is 12.5 Å². The number of carbonyl (C=O) groups excluding carboxylic acids is 1. The third kappa shape index (κ3) is 4.24. The zero-order valence-corrected chi connectivity index (χ0v) is 18.9. The average Bonchev–Trinajstić information content (AvgIpc) is 3.39. The highest BCUT2D eigenvalue weighted by Gasteiger charge is 2.19. The molecule has 0 aliphatic heterocycles. The van der Waals surface area contributed by atoms with Crippen molar-refractivity contribution < 1.29 is 4.79 Å². The molecule has 0 spiro atoms. The van der Waals surface area contributed by atoms with Crippen LogP contribution in [0, 0.1) is 0 Å². The third-order valence-electron chi connectivity index (χ3n) is 5.65. The number of pyridine rings is 2. The Hall–Kier alpha value is -4.86. The first-order valence-electron chi connectivity index (χ1n) is 11.0. The first kappa shape index (κ1) is 22.0. The molecular weight excluding hydrogens is 444 g/mol. The van der Waals surface area contributed by atoms with Gasteiger partial charge in [0.2, 0.25) is 11.3 Å². The summed E-state index contributed by atoms with van der Waals surface area (Å²) in [7, 11) is 0. The minimum atomic E-state index is -0.222. The van der Waals surface area contributed by atoms with E-state index in [1.54, 1.807) is 24.7 Å². The van der Waals surface area contributed by atoms with Crippen LogP contribution in [0.4, 0.5) is 11.6 Å². The molecule has 10 nitrogen and oxygen atoms in total. The van der Waals surface area contributed by atoms with E-state index in [1.807, 2.05) is 41.8 Å². The number of nitrogens with one attached hydrogen (secondary N) is 2. The van der Waals surface area contributed by atoms with Crippen LogP contribution in [0.5, 0.6) is 0 Å². The van der Waals surface area contributed by atoms with E-state index in [2.05, 4.69) is 25.3 Å². The fraction of sp³-hybridized carbons (Fsp3) is 0.120. The number of hydrogen-bond donors (Lipinski definition) is 3. The van der Waals surface area contributed by atoms with E-state index < -0.39 is 0 Å². The molecule has 0 aliphatic rings. The number of hydrogen-bond acceptors (Lipinski definition) is 7. The van der Waals surface area contributed by atoms with Gasteiger partial charge in [-0.3, -0.25) is 14.6 Å². The minimum Gasteiger partial charge on any atom is -0.384 e. The van der Waals surface area contributed by atoms with Gasteiger partial charge in [0, 0.05) is 36.9 Å². The van der Waals surface area contributed by atoms with Crippen LogP contribution in [0.2, 0.25) is 0 Å². The molecule has 0 aliphatic carbocycles. The molecular formula is C25H22N8O2. The Kier molecular flexibility index (Phi) is 5.76. The molecule has 35 heavy (non-hydrogen) atoms. The van der Waals surface area contributed by atoms with Crippen LogP contribution in [-0.2, 0) is 17.8 Å². The van der Waals surface area contributed by atoms with Crippen molar-refractivity contribution in [3.8, 4) is 22.6 Å². The largest absolute Gasteiger partial charge is 0.384 e. The number of benzene rings is 1. The van der Waals surface area contributed by atoms with E-state index in [-0.39, 0.29) is 17.8 Å². The summed E-state index contributed by atoms with van der Waals surface area (Å²) in [6.45, 7) is 2.48. The Morgan fingerprint density at radius 3 is 2.60 bits per heavy atom. The lowest BCUT2D eigenvalue weighted by Gasteiger charge is -2.15. The third-order valence-corrected chi connectivity index (χ3v) is 5.65. The van der Waals surface area contributed by atoms with Crippen LogP contribution in [-0.4, -0.2) is 35.4 Å². The number of H-pyrrole nitrogens is 1. The molecule has 10 heteroatoms. The van der Waals surface area contributed by atoms with Crippen LogP contribution in [0.3, 0.4) is 0 Å². The standard InChI is InChI=1S/C25H22N8O2/c1-2-33-23(26)21(24-29-11-12-30-24)22(35)17-7-8-18(31-25(17)33)16-5-3-15(4-6-16)13-20(34)32-19-14-27-9-10-28-19/h3-12,14H,2,13,26H2,1H3,(H,29,30)(H,28,32,34). The summed E-state index contributed by atoms with van der Waals surface area (Å²) in [5.74, 6) is 0.969. The second-order valence-corrected chi connectivity index (χ2v) is 7.85. The quantitative estimate of drug-likeness (QED) is 0.349. The van der Waals surface area contributed by atoms with Crippen molar-refractivity contribution in [3.63, 3.8) is 0 Å². The number of aryl methyl sites for hydroxylation is 1. The summed E-state index contributed by atoms with van der Waals surface area (Å²) in [5, 5.41) is 3.19. The van der Waals surface area contributed by atoms with Gasteiger partial charge in [-0.15, -0.1) is 0 Å². The predicted molar refractivity (Wildman–Crippen MR) is 133 cm³/mol. The molecule has 0 bridgehead atoms. The number of carbonyl (C=O) groups is 1. The first-order chi connectivity index (χ1) is 17.0. The number of anilines is 2. The number of nitrogen functional groups attached to an aromatic ring is 1. The molecule has 0 radical (unpaired) electrons. The monoisotopic (exact) mass is 466 g/mol.